The van der Waals surface area contributed by atoms with Gasteiger partial charge < -0.3 is 15.2 Å². The molecule has 0 bridgehead atoms. The minimum absolute atomic E-state index is 0.00747. The Labute approximate surface area is 139 Å². The molecule has 2 N–H and O–H groups in total. The average molecular weight is 327 g/mol. The van der Waals surface area contributed by atoms with E-state index in [2.05, 4.69) is 5.32 Å². The van der Waals surface area contributed by atoms with Gasteiger partial charge in [-0.1, -0.05) is 24.3 Å². The highest BCUT2D eigenvalue weighted by Gasteiger charge is 2.16. The molecule has 2 aromatic rings. The van der Waals surface area contributed by atoms with Crippen molar-refractivity contribution >= 4 is 23.3 Å². The van der Waals surface area contributed by atoms with Gasteiger partial charge in [-0.2, -0.15) is 0 Å². The third-order valence-electron chi connectivity index (χ3n) is 3.37. The fraction of sp³-hybridized carbons (Fsp3) is 0.167. The third-order valence-corrected chi connectivity index (χ3v) is 3.37. The number of hydrogen-bond acceptors (Lipinski definition) is 5. The topological polar surface area (TPSA) is 92.7 Å². The second-order valence-corrected chi connectivity index (χ2v) is 5.20. The number of amides is 1. The molecule has 6 nitrogen and oxygen atoms in total. The van der Waals surface area contributed by atoms with Gasteiger partial charge in [-0.15, -0.1) is 0 Å². The van der Waals surface area contributed by atoms with Crippen molar-refractivity contribution in [2.75, 3.05) is 11.9 Å². The summed E-state index contributed by atoms with van der Waals surface area (Å²) in [6.45, 7) is 2.52. The van der Waals surface area contributed by atoms with Gasteiger partial charge in [-0.3, -0.25) is 9.59 Å². The number of phenols is 1. The van der Waals surface area contributed by atoms with Crippen molar-refractivity contribution in [3.05, 3.63) is 59.2 Å². The first-order chi connectivity index (χ1) is 11.4. The Morgan fingerprint density at radius 2 is 1.71 bits per heavy atom. The smallest absolute Gasteiger partial charge is 0.342 e. The Hall–Kier alpha value is -3.15. The summed E-state index contributed by atoms with van der Waals surface area (Å²) >= 11 is 0. The van der Waals surface area contributed by atoms with Crippen LogP contribution in [0.5, 0.6) is 5.75 Å². The molecule has 24 heavy (non-hydrogen) atoms. The maximum atomic E-state index is 11.9. The maximum absolute atomic E-state index is 11.9. The number of hydrogen-bond donors (Lipinski definition) is 2. The standard InChI is InChI=1S/C18H17NO5/c1-11-6-5-8-14(17(11)22)18(23)24-10-16(21)19-15-9-4-3-7-13(15)12(2)20/h3-9,22H,10H2,1-2H3,(H,19,21). The van der Waals surface area contributed by atoms with Crippen molar-refractivity contribution in [3.63, 3.8) is 0 Å². The molecule has 0 aliphatic heterocycles. The van der Waals surface area contributed by atoms with E-state index in [1.165, 1.54) is 13.0 Å². The number of benzene rings is 2. The van der Waals surface area contributed by atoms with Crippen LogP contribution in [-0.2, 0) is 9.53 Å². The highest BCUT2D eigenvalue weighted by atomic mass is 16.5. The van der Waals surface area contributed by atoms with Crippen molar-refractivity contribution in [1.82, 2.24) is 0 Å². The SMILES string of the molecule is CC(=O)c1ccccc1NC(=O)COC(=O)c1cccc(C)c1O. The summed E-state index contributed by atoms with van der Waals surface area (Å²) in [4.78, 5) is 35.3. The molecule has 0 atom stereocenters. The molecule has 1 amide bonds. The number of aryl methyl sites for hydroxylation is 1. The second-order valence-electron chi connectivity index (χ2n) is 5.20. The quantitative estimate of drug-likeness (QED) is 0.650. The van der Waals surface area contributed by atoms with Crippen LogP contribution in [0.4, 0.5) is 5.69 Å². The summed E-state index contributed by atoms with van der Waals surface area (Å²) < 4.78 is 4.90. The van der Waals surface area contributed by atoms with Gasteiger partial charge in [0.25, 0.3) is 5.91 Å². The number of carbonyl (C=O) groups excluding carboxylic acids is 3. The average Bonchev–Trinajstić information content (AvgIpc) is 2.55. The molecule has 0 aliphatic rings. The van der Waals surface area contributed by atoms with E-state index in [9.17, 15) is 19.5 Å². The summed E-state index contributed by atoms with van der Waals surface area (Å²) in [6.07, 6.45) is 0. The van der Waals surface area contributed by atoms with Gasteiger partial charge in [-0.05, 0) is 37.6 Å². The Kier molecular flexibility index (Phi) is 5.31. The number of aromatic hydroxyl groups is 1. The van der Waals surface area contributed by atoms with E-state index in [0.29, 0.717) is 16.8 Å². The van der Waals surface area contributed by atoms with Crippen LogP contribution < -0.4 is 5.32 Å². The largest absolute Gasteiger partial charge is 0.507 e. The summed E-state index contributed by atoms with van der Waals surface area (Å²) in [5.41, 5.74) is 1.24. The first-order valence-corrected chi connectivity index (χ1v) is 7.25. The van der Waals surface area contributed by atoms with E-state index in [4.69, 9.17) is 4.74 Å². The van der Waals surface area contributed by atoms with Crippen molar-refractivity contribution in [1.29, 1.82) is 0 Å². The van der Waals surface area contributed by atoms with Crippen LogP contribution in [0.2, 0.25) is 0 Å². The van der Waals surface area contributed by atoms with Gasteiger partial charge in [0.05, 0.1) is 5.69 Å². The predicted molar refractivity (Wildman–Crippen MR) is 88.2 cm³/mol. The molecule has 0 spiro atoms. The molecular weight excluding hydrogens is 310 g/mol. The molecule has 0 fully saturated rings. The van der Waals surface area contributed by atoms with E-state index in [0.717, 1.165) is 0 Å². The number of phenolic OH excluding ortho intramolecular Hbond substituents is 1. The molecule has 0 heterocycles. The van der Waals surface area contributed by atoms with Gasteiger partial charge >= 0.3 is 5.97 Å². The minimum Gasteiger partial charge on any atom is -0.507 e. The summed E-state index contributed by atoms with van der Waals surface area (Å²) in [5, 5.41) is 12.4. The lowest BCUT2D eigenvalue weighted by atomic mass is 10.1. The van der Waals surface area contributed by atoms with Crippen molar-refractivity contribution in [3.8, 4) is 5.75 Å². The highest BCUT2D eigenvalue weighted by molar-refractivity contribution is 6.04. The van der Waals surface area contributed by atoms with Gasteiger partial charge in [0, 0.05) is 5.56 Å². The maximum Gasteiger partial charge on any atom is 0.342 e. The normalized spacial score (nSPS) is 10.1. The number of ether oxygens (including phenoxy) is 1. The zero-order chi connectivity index (χ0) is 17.7. The molecule has 0 saturated carbocycles. The number of nitrogens with one attached hydrogen (secondary N) is 1. The van der Waals surface area contributed by atoms with Crippen molar-refractivity contribution in [2.24, 2.45) is 0 Å². The summed E-state index contributed by atoms with van der Waals surface area (Å²) in [6, 6.07) is 11.2. The second kappa shape index (κ2) is 7.41. The Balaban J connectivity index is 2.00. The summed E-state index contributed by atoms with van der Waals surface area (Å²) in [7, 11) is 0. The molecule has 124 valence electrons. The van der Waals surface area contributed by atoms with Gasteiger partial charge in [0.15, 0.2) is 12.4 Å². The first kappa shape index (κ1) is 17.2. The number of carbonyl (C=O) groups is 3. The van der Waals surface area contributed by atoms with Crippen LogP contribution >= 0.6 is 0 Å². The van der Waals surface area contributed by atoms with Crippen LogP contribution in [0.15, 0.2) is 42.5 Å². The van der Waals surface area contributed by atoms with Crippen molar-refractivity contribution < 1.29 is 24.2 Å². The third kappa shape index (κ3) is 3.98. The lowest BCUT2D eigenvalue weighted by Gasteiger charge is -2.10. The van der Waals surface area contributed by atoms with Crippen LogP contribution in [0.25, 0.3) is 0 Å². The van der Waals surface area contributed by atoms with Crippen LogP contribution in [0.3, 0.4) is 0 Å². The summed E-state index contributed by atoms with van der Waals surface area (Å²) in [5.74, 6) is -1.74. The Morgan fingerprint density at radius 3 is 2.42 bits per heavy atom. The van der Waals surface area contributed by atoms with Crippen LogP contribution in [-0.4, -0.2) is 29.4 Å². The molecule has 0 aliphatic carbocycles. The fourth-order valence-corrected chi connectivity index (χ4v) is 2.12. The van der Waals surface area contributed by atoms with Crippen molar-refractivity contribution in [2.45, 2.75) is 13.8 Å². The van der Waals surface area contributed by atoms with E-state index < -0.39 is 18.5 Å². The Morgan fingerprint density at radius 1 is 1.04 bits per heavy atom. The van der Waals surface area contributed by atoms with E-state index in [1.807, 2.05) is 0 Å². The lowest BCUT2D eigenvalue weighted by Crippen LogP contribution is -2.22. The van der Waals surface area contributed by atoms with Gasteiger partial charge in [0.2, 0.25) is 0 Å². The monoisotopic (exact) mass is 327 g/mol. The minimum atomic E-state index is -0.800. The number of rotatable bonds is 5. The molecule has 2 aromatic carbocycles. The predicted octanol–water partition coefficient (Wildman–Crippen LogP) is 2.70. The van der Waals surface area contributed by atoms with Crippen LogP contribution in [0, 0.1) is 6.92 Å². The zero-order valence-electron chi connectivity index (χ0n) is 13.3. The first-order valence-electron chi connectivity index (χ1n) is 7.25. The number of para-hydroxylation sites is 2. The molecule has 6 heteroatoms. The number of anilines is 1. The lowest BCUT2D eigenvalue weighted by molar-refractivity contribution is -0.119. The zero-order valence-corrected chi connectivity index (χ0v) is 13.3. The number of ketones is 1. The highest BCUT2D eigenvalue weighted by Crippen LogP contribution is 2.22. The number of esters is 1. The van der Waals surface area contributed by atoms with Crippen LogP contribution in [0.1, 0.15) is 33.2 Å². The van der Waals surface area contributed by atoms with E-state index in [1.54, 1.807) is 43.3 Å². The molecule has 0 radical (unpaired) electrons. The van der Waals surface area contributed by atoms with E-state index >= 15 is 0 Å². The van der Waals surface area contributed by atoms with Gasteiger partial charge in [-0.25, -0.2) is 4.79 Å². The molecule has 0 aromatic heterocycles. The molecule has 0 saturated heterocycles. The molecular formula is C18H17NO5. The van der Waals surface area contributed by atoms with Gasteiger partial charge in [0.1, 0.15) is 11.3 Å². The number of Topliss-reactive ketones (excluding diaryl/α,β-unsaturated/α-hetero) is 1. The Bertz CT molecular complexity index is 798. The molecule has 0 unspecified atom stereocenters. The fourth-order valence-electron chi connectivity index (χ4n) is 2.12. The van der Waals surface area contributed by atoms with E-state index in [-0.39, 0.29) is 17.1 Å². The molecule has 2 rings (SSSR count).